The van der Waals surface area contributed by atoms with Gasteiger partial charge in [-0.2, -0.15) is 0 Å². The zero-order chi connectivity index (χ0) is 22.4. The Balaban J connectivity index is 2.23. The van der Waals surface area contributed by atoms with Crippen molar-refractivity contribution in [2.75, 3.05) is 23.7 Å². The van der Waals surface area contributed by atoms with E-state index in [2.05, 4.69) is 79.8 Å². The number of benzene rings is 1. The molecule has 0 spiro atoms. The number of amides is 2. The molecular weight excluding hydrogens is 398 g/mol. The molecule has 7 nitrogen and oxygen atoms in total. The van der Waals surface area contributed by atoms with Gasteiger partial charge in [0.2, 0.25) is 16.2 Å². The maximum Gasteiger partial charge on any atom is 0.258 e. The van der Waals surface area contributed by atoms with Crippen LogP contribution in [0.3, 0.4) is 0 Å². The van der Waals surface area contributed by atoms with Gasteiger partial charge in [0.05, 0.1) is 0 Å². The quantitative estimate of drug-likeness (QED) is 0.500. The molecule has 164 valence electrons. The van der Waals surface area contributed by atoms with Crippen LogP contribution in [-0.4, -0.2) is 35.1 Å². The van der Waals surface area contributed by atoms with E-state index in [0.29, 0.717) is 29.3 Å². The SMILES string of the molecule is CC(=O)NCCNc1nnc(NC(=O)c2c(C(C)C)cc(C(C)C)cc2C(C)C)s1. The molecule has 0 aliphatic heterocycles. The first-order chi connectivity index (χ1) is 14.1. The van der Waals surface area contributed by atoms with Crippen molar-refractivity contribution in [3.8, 4) is 0 Å². The van der Waals surface area contributed by atoms with E-state index < -0.39 is 0 Å². The fraction of sp³-hybridized carbons (Fsp3) is 0.545. The summed E-state index contributed by atoms with van der Waals surface area (Å²) >= 11 is 1.27. The van der Waals surface area contributed by atoms with Gasteiger partial charge in [0.15, 0.2) is 0 Å². The van der Waals surface area contributed by atoms with Gasteiger partial charge in [-0.25, -0.2) is 0 Å². The molecule has 0 aliphatic carbocycles. The van der Waals surface area contributed by atoms with Gasteiger partial charge >= 0.3 is 0 Å². The van der Waals surface area contributed by atoms with Gasteiger partial charge < -0.3 is 10.6 Å². The van der Waals surface area contributed by atoms with Crippen LogP contribution in [0.2, 0.25) is 0 Å². The Morgan fingerprint density at radius 2 is 1.47 bits per heavy atom. The number of carbonyl (C=O) groups excluding carboxylic acids is 2. The molecule has 0 bridgehead atoms. The Labute approximate surface area is 183 Å². The van der Waals surface area contributed by atoms with Crippen molar-refractivity contribution in [3.05, 3.63) is 34.4 Å². The summed E-state index contributed by atoms with van der Waals surface area (Å²) in [6.07, 6.45) is 0. The van der Waals surface area contributed by atoms with Gasteiger partial charge in [-0.15, -0.1) is 10.2 Å². The Hall–Kier alpha value is -2.48. The van der Waals surface area contributed by atoms with E-state index in [-0.39, 0.29) is 23.7 Å². The van der Waals surface area contributed by atoms with Crippen LogP contribution in [0, 0.1) is 0 Å². The molecule has 1 heterocycles. The van der Waals surface area contributed by atoms with E-state index >= 15 is 0 Å². The van der Waals surface area contributed by atoms with E-state index in [1.165, 1.54) is 23.8 Å². The second-order valence-corrected chi connectivity index (χ2v) is 9.29. The van der Waals surface area contributed by atoms with Gasteiger partial charge in [0.1, 0.15) is 0 Å². The van der Waals surface area contributed by atoms with Gasteiger partial charge in [0, 0.05) is 25.6 Å². The van der Waals surface area contributed by atoms with Crippen LogP contribution in [0.4, 0.5) is 10.3 Å². The zero-order valence-corrected chi connectivity index (χ0v) is 19.7. The third kappa shape index (κ3) is 6.26. The van der Waals surface area contributed by atoms with Crippen molar-refractivity contribution in [3.63, 3.8) is 0 Å². The average Bonchev–Trinajstić information content (AvgIpc) is 3.10. The van der Waals surface area contributed by atoms with Crippen molar-refractivity contribution in [2.24, 2.45) is 0 Å². The first-order valence-corrected chi connectivity index (χ1v) is 11.2. The highest BCUT2D eigenvalue weighted by molar-refractivity contribution is 7.19. The van der Waals surface area contributed by atoms with Gasteiger partial charge in [0.25, 0.3) is 5.91 Å². The van der Waals surface area contributed by atoms with Gasteiger partial charge in [-0.3, -0.25) is 14.9 Å². The Kier molecular flexibility index (Phi) is 8.34. The molecule has 0 unspecified atom stereocenters. The Bertz CT molecular complexity index is 860. The Morgan fingerprint density at radius 3 is 1.97 bits per heavy atom. The van der Waals surface area contributed by atoms with Crippen LogP contribution < -0.4 is 16.0 Å². The largest absolute Gasteiger partial charge is 0.358 e. The normalized spacial score (nSPS) is 11.3. The molecule has 30 heavy (non-hydrogen) atoms. The number of rotatable bonds is 9. The topological polar surface area (TPSA) is 96.0 Å². The van der Waals surface area contributed by atoms with E-state index in [0.717, 1.165) is 16.7 Å². The van der Waals surface area contributed by atoms with E-state index in [4.69, 9.17) is 0 Å². The molecule has 0 radical (unpaired) electrons. The van der Waals surface area contributed by atoms with Crippen LogP contribution in [0.15, 0.2) is 12.1 Å². The summed E-state index contributed by atoms with van der Waals surface area (Å²) in [6.45, 7) is 15.3. The second kappa shape index (κ2) is 10.5. The van der Waals surface area contributed by atoms with Gasteiger partial charge in [-0.05, 0) is 34.4 Å². The minimum atomic E-state index is -0.154. The highest BCUT2D eigenvalue weighted by Gasteiger charge is 2.23. The number of carbonyl (C=O) groups is 2. The predicted molar refractivity (Wildman–Crippen MR) is 124 cm³/mol. The van der Waals surface area contributed by atoms with Crippen molar-refractivity contribution in [1.29, 1.82) is 0 Å². The highest BCUT2D eigenvalue weighted by atomic mass is 32.1. The number of nitrogens with one attached hydrogen (secondary N) is 3. The maximum atomic E-state index is 13.3. The van der Waals surface area contributed by atoms with Crippen LogP contribution in [-0.2, 0) is 4.79 Å². The highest BCUT2D eigenvalue weighted by Crippen LogP contribution is 2.33. The number of aromatic nitrogens is 2. The summed E-state index contributed by atoms with van der Waals surface area (Å²) in [5.41, 5.74) is 4.10. The molecule has 3 N–H and O–H groups in total. The molecule has 8 heteroatoms. The lowest BCUT2D eigenvalue weighted by atomic mass is 9.84. The third-order valence-electron chi connectivity index (χ3n) is 4.78. The van der Waals surface area contributed by atoms with Crippen molar-refractivity contribution in [1.82, 2.24) is 15.5 Å². The zero-order valence-electron chi connectivity index (χ0n) is 18.9. The number of nitrogens with zero attached hydrogens (tertiary/aromatic N) is 2. The van der Waals surface area contributed by atoms with Crippen molar-refractivity contribution in [2.45, 2.75) is 66.2 Å². The molecule has 0 fully saturated rings. The average molecular weight is 432 g/mol. The maximum absolute atomic E-state index is 13.3. The summed E-state index contributed by atoms with van der Waals surface area (Å²) in [5, 5.41) is 17.9. The molecule has 1 aromatic heterocycles. The number of anilines is 2. The summed E-state index contributed by atoms with van der Waals surface area (Å²) in [7, 11) is 0. The first kappa shape index (κ1) is 23.8. The summed E-state index contributed by atoms with van der Waals surface area (Å²) in [4.78, 5) is 24.2. The monoisotopic (exact) mass is 431 g/mol. The standard InChI is InChI=1S/C22H33N5O2S/c1-12(2)16-10-17(13(3)4)19(18(11-16)14(5)6)20(29)25-22-27-26-21(30-22)24-9-8-23-15(7)28/h10-14H,8-9H2,1-7H3,(H,23,28)(H,24,26)(H,25,27,29). The lowest BCUT2D eigenvalue weighted by Crippen LogP contribution is -2.26. The lowest BCUT2D eigenvalue weighted by Gasteiger charge is -2.22. The summed E-state index contributed by atoms with van der Waals surface area (Å²) < 4.78 is 0. The molecule has 1 aromatic carbocycles. The molecule has 2 amide bonds. The molecule has 0 saturated carbocycles. The van der Waals surface area contributed by atoms with Crippen LogP contribution in [0.5, 0.6) is 0 Å². The smallest absolute Gasteiger partial charge is 0.258 e. The predicted octanol–water partition coefficient (Wildman–Crippen LogP) is 4.71. The van der Waals surface area contributed by atoms with E-state index in [9.17, 15) is 9.59 Å². The number of hydrogen-bond acceptors (Lipinski definition) is 6. The molecule has 2 rings (SSSR count). The van der Waals surface area contributed by atoms with E-state index in [1.54, 1.807) is 0 Å². The molecule has 0 aliphatic rings. The lowest BCUT2D eigenvalue weighted by molar-refractivity contribution is -0.118. The van der Waals surface area contributed by atoms with Gasteiger partial charge in [-0.1, -0.05) is 65.0 Å². The second-order valence-electron chi connectivity index (χ2n) is 8.31. The van der Waals surface area contributed by atoms with E-state index in [1.807, 2.05) is 0 Å². The fourth-order valence-corrected chi connectivity index (χ4v) is 3.80. The van der Waals surface area contributed by atoms with Crippen LogP contribution in [0.25, 0.3) is 0 Å². The van der Waals surface area contributed by atoms with Crippen LogP contribution in [0.1, 0.15) is 93.3 Å². The van der Waals surface area contributed by atoms with Crippen molar-refractivity contribution < 1.29 is 9.59 Å². The third-order valence-corrected chi connectivity index (χ3v) is 5.58. The molecular formula is C22H33N5O2S. The fourth-order valence-electron chi connectivity index (χ4n) is 3.13. The minimum Gasteiger partial charge on any atom is -0.358 e. The number of hydrogen-bond donors (Lipinski definition) is 3. The minimum absolute atomic E-state index is 0.0765. The summed E-state index contributed by atoms with van der Waals surface area (Å²) in [5.74, 6) is 0.613. The Morgan fingerprint density at radius 1 is 0.900 bits per heavy atom. The van der Waals surface area contributed by atoms with Crippen LogP contribution >= 0.6 is 11.3 Å². The molecule has 0 atom stereocenters. The molecule has 2 aromatic rings. The van der Waals surface area contributed by atoms with Crippen molar-refractivity contribution >= 4 is 33.4 Å². The summed E-state index contributed by atoms with van der Waals surface area (Å²) in [6, 6.07) is 4.32. The first-order valence-electron chi connectivity index (χ1n) is 10.4. The molecule has 0 saturated heterocycles.